The summed E-state index contributed by atoms with van der Waals surface area (Å²) in [5, 5.41) is 11.5. The van der Waals surface area contributed by atoms with Gasteiger partial charge in [0.15, 0.2) is 12.2 Å². The van der Waals surface area contributed by atoms with Crippen LogP contribution in [0.15, 0.2) is 24.3 Å². The van der Waals surface area contributed by atoms with Crippen molar-refractivity contribution in [1.82, 2.24) is 5.32 Å². The molecule has 1 N–H and O–H groups in total. The second kappa shape index (κ2) is 7.63. The molecule has 0 fully saturated rings. The van der Waals surface area contributed by atoms with E-state index >= 15 is 0 Å². The number of rotatable bonds is 5. The van der Waals surface area contributed by atoms with Crippen molar-refractivity contribution >= 4 is 11.9 Å². The first-order chi connectivity index (χ1) is 10.6. The summed E-state index contributed by atoms with van der Waals surface area (Å²) in [7, 11) is 0. The van der Waals surface area contributed by atoms with Crippen LogP contribution in [0.2, 0.25) is 0 Å². The molecule has 0 aromatic heterocycles. The van der Waals surface area contributed by atoms with Gasteiger partial charge < -0.3 is 14.8 Å². The average molecular weight is 318 g/mol. The summed E-state index contributed by atoms with van der Waals surface area (Å²) in [6, 6.07) is 8.37. The van der Waals surface area contributed by atoms with Gasteiger partial charge >= 0.3 is 5.97 Å². The largest absolute Gasteiger partial charge is 0.479 e. The smallest absolute Gasteiger partial charge is 0.347 e. The zero-order chi connectivity index (χ0) is 17.6. The fourth-order valence-electron chi connectivity index (χ4n) is 1.66. The summed E-state index contributed by atoms with van der Waals surface area (Å²) in [6.07, 6.45) is -1.78. The van der Waals surface area contributed by atoms with Crippen LogP contribution < -0.4 is 10.1 Å². The Kier molecular flexibility index (Phi) is 6.14. The highest BCUT2D eigenvalue weighted by Crippen LogP contribution is 2.14. The van der Waals surface area contributed by atoms with Crippen molar-refractivity contribution in [2.24, 2.45) is 0 Å². The van der Waals surface area contributed by atoms with Gasteiger partial charge in [0.05, 0.1) is 11.6 Å². The van der Waals surface area contributed by atoms with Crippen molar-refractivity contribution in [3.05, 3.63) is 29.8 Å². The molecular formula is C17H22N2O4. The van der Waals surface area contributed by atoms with E-state index < -0.39 is 23.7 Å². The summed E-state index contributed by atoms with van der Waals surface area (Å²) in [4.78, 5) is 23.9. The maximum Gasteiger partial charge on any atom is 0.347 e. The van der Waals surface area contributed by atoms with Crippen LogP contribution in [0.1, 0.15) is 40.2 Å². The van der Waals surface area contributed by atoms with Crippen LogP contribution in [0.5, 0.6) is 5.75 Å². The number of nitrogens with one attached hydrogen (secondary N) is 1. The minimum atomic E-state index is -0.909. The summed E-state index contributed by atoms with van der Waals surface area (Å²) in [5.74, 6) is -0.553. The second-order valence-electron chi connectivity index (χ2n) is 6.21. The first-order valence-corrected chi connectivity index (χ1v) is 7.31. The number of hydrogen-bond donors (Lipinski definition) is 1. The Bertz CT molecular complexity index is 597. The molecule has 0 aliphatic rings. The van der Waals surface area contributed by atoms with Crippen molar-refractivity contribution in [2.45, 2.75) is 52.4 Å². The van der Waals surface area contributed by atoms with Crippen LogP contribution in [-0.2, 0) is 14.3 Å². The molecule has 0 spiro atoms. The van der Waals surface area contributed by atoms with Crippen molar-refractivity contribution in [3.63, 3.8) is 0 Å². The highest BCUT2D eigenvalue weighted by atomic mass is 16.6. The Morgan fingerprint density at radius 3 is 2.17 bits per heavy atom. The molecule has 0 bridgehead atoms. The molecule has 1 aromatic rings. The number of esters is 1. The molecule has 6 heteroatoms. The minimum Gasteiger partial charge on any atom is -0.479 e. The van der Waals surface area contributed by atoms with Crippen LogP contribution in [0.3, 0.4) is 0 Å². The first kappa shape index (κ1) is 18.5. The number of hydrogen-bond acceptors (Lipinski definition) is 5. The van der Waals surface area contributed by atoms with Crippen molar-refractivity contribution in [3.8, 4) is 11.8 Å². The first-order valence-electron chi connectivity index (χ1n) is 7.31. The average Bonchev–Trinajstić information content (AvgIpc) is 2.46. The Labute approximate surface area is 136 Å². The molecule has 0 saturated carbocycles. The molecule has 0 aliphatic heterocycles. The van der Waals surface area contributed by atoms with E-state index in [9.17, 15) is 9.59 Å². The lowest BCUT2D eigenvalue weighted by Crippen LogP contribution is -2.47. The molecule has 0 unspecified atom stereocenters. The van der Waals surface area contributed by atoms with E-state index in [-0.39, 0.29) is 5.91 Å². The Morgan fingerprint density at radius 1 is 1.13 bits per heavy atom. The van der Waals surface area contributed by atoms with E-state index in [1.54, 1.807) is 24.3 Å². The predicted molar refractivity (Wildman–Crippen MR) is 84.7 cm³/mol. The molecule has 124 valence electrons. The number of ether oxygens (including phenoxy) is 2. The van der Waals surface area contributed by atoms with Gasteiger partial charge in [0.1, 0.15) is 5.75 Å². The standard InChI is InChI=1S/C17H22N2O4/c1-11(15(20)19-17(3,4)5)23-16(21)12(2)22-14-8-6-13(10-18)7-9-14/h6-9,11-12H,1-5H3,(H,19,20)/t11-,12+/m0/s1. The maximum absolute atomic E-state index is 12.0. The van der Waals surface area contributed by atoms with Crippen LogP contribution >= 0.6 is 0 Å². The predicted octanol–water partition coefficient (Wildman–Crippen LogP) is 2.17. The Hall–Kier alpha value is -2.55. The number of benzene rings is 1. The fraction of sp³-hybridized carbons (Fsp3) is 0.471. The monoisotopic (exact) mass is 318 g/mol. The third-order valence-corrected chi connectivity index (χ3v) is 2.79. The molecule has 0 radical (unpaired) electrons. The molecule has 1 aromatic carbocycles. The summed E-state index contributed by atoms with van der Waals surface area (Å²) >= 11 is 0. The molecule has 0 saturated heterocycles. The quantitative estimate of drug-likeness (QED) is 0.841. The number of nitrogens with zero attached hydrogens (tertiary/aromatic N) is 1. The van der Waals surface area contributed by atoms with Gasteiger partial charge in [0.25, 0.3) is 5.91 Å². The molecule has 0 aliphatic carbocycles. The van der Waals surface area contributed by atoms with Crippen LogP contribution in [0.25, 0.3) is 0 Å². The molecule has 1 rings (SSSR count). The van der Waals surface area contributed by atoms with Crippen LogP contribution in [0, 0.1) is 11.3 Å². The molecule has 23 heavy (non-hydrogen) atoms. The lowest BCUT2D eigenvalue weighted by atomic mass is 10.1. The zero-order valence-electron chi connectivity index (χ0n) is 14.0. The highest BCUT2D eigenvalue weighted by Gasteiger charge is 2.25. The van der Waals surface area contributed by atoms with E-state index in [2.05, 4.69) is 5.32 Å². The SMILES string of the molecule is C[C@H](OC(=O)[C@@H](C)Oc1ccc(C#N)cc1)C(=O)NC(C)(C)C. The molecule has 1 amide bonds. The highest BCUT2D eigenvalue weighted by molar-refractivity contribution is 5.84. The topological polar surface area (TPSA) is 88.4 Å². The molecule has 2 atom stereocenters. The van der Waals surface area contributed by atoms with Gasteiger partial charge in [-0.15, -0.1) is 0 Å². The summed E-state index contributed by atoms with van der Waals surface area (Å²) < 4.78 is 10.6. The Balaban J connectivity index is 2.56. The summed E-state index contributed by atoms with van der Waals surface area (Å²) in [6.45, 7) is 8.57. The van der Waals surface area contributed by atoms with E-state index in [1.807, 2.05) is 26.8 Å². The van der Waals surface area contributed by atoms with Gasteiger partial charge in [-0.3, -0.25) is 4.79 Å². The maximum atomic E-state index is 12.0. The van der Waals surface area contributed by atoms with Gasteiger partial charge in [0, 0.05) is 5.54 Å². The fourth-order valence-corrected chi connectivity index (χ4v) is 1.66. The van der Waals surface area contributed by atoms with Crippen molar-refractivity contribution in [2.75, 3.05) is 0 Å². The zero-order valence-corrected chi connectivity index (χ0v) is 14.0. The van der Waals surface area contributed by atoms with E-state index in [4.69, 9.17) is 14.7 Å². The minimum absolute atomic E-state index is 0.364. The van der Waals surface area contributed by atoms with E-state index in [0.717, 1.165) is 0 Å². The van der Waals surface area contributed by atoms with Gasteiger partial charge in [-0.25, -0.2) is 4.79 Å². The third kappa shape index (κ3) is 6.39. The number of carbonyl (C=O) groups excluding carboxylic acids is 2. The number of carbonyl (C=O) groups is 2. The molecule has 0 heterocycles. The van der Waals surface area contributed by atoms with E-state index in [0.29, 0.717) is 11.3 Å². The van der Waals surface area contributed by atoms with Gasteiger partial charge in [-0.05, 0) is 58.9 Å². The molecule has 6 nitrogen and oxygen atoms in total. The third-order valence-electron chi connectivity index (χ3n) is 2.79. The van der Waals surface area contributed by atoms with Crippen LogP contribution in [0.4, 0.5) is 0 Å². The van der Waals surface area contributed by atoms with Crippen molar-refractivity contribution < 1.29 is 19.1 Å². The normalized spacial score (nSPS) is 13.4. The lowest BCUT2D eigenvalue weighted by molar-refractivity contribution is -0.161. The molecular weight excluding hydrogens is 296 g/mol. The lowest BCUT2D eigenvalue weighted by Gasteiger charge is -2.24. The van der Waals surface area contributed by atoms with Crippen LogP contribution in [-0.4, -0.2) is 29.6 Å². The van der Waals surface area contributed by atoms with E-state index in [1.165, 1.54) is 13.8 Å². The number of nitriles is 1. The van der Waals surface area contributed by atoms with Gasteiger partial charge in [0.2, 0.25) is 0 Å². The van der Waals surface area contributed by atoms with Gasteiger partial charge in [-0.1, -0.05) is 0 Å². The number of amides is 1. The van der Waals surface area contributed by atoms with Crippen molar-refractivity contribution in [1.29, 1.82) is 5.26 Å². The van der Waals surface area contributed by atoms with Gasteiger partial charge in [-0.2, -0.15) is 5.26 Å². The summed E-state index contributed by atoms with van der Waals surface area (Å²) in [5.41, 5.74) is 0.0996. The Morgan fingerprint density at radius 2 is 1.70 bits per heavy atom. The second-order valence-corrected chi connectivity index (χ2v) is 6.21.